The number of benzene rings is 1. The second kappa shape index (κ2) is 3.09. The number of hydrogen-bond acceptors (Lipinski definition) is 2. The third-order valence-corrected chi connectivity index (χ3v) is 3.95. The number of fused-ring (bicyclic) bond motifs is 5. The van der Waals surface area contributed by atoms with Gasteiger partial charge in [-0.15, -0.1) is 0 Å². The Balaban J connectivity index is 2.17. The zero-order valence-corrected chi connectivity index (χ0v) is 9.09. The molecule has 2 atom stereocenters. The van der Waals surface area contributed by atoms with Crippen LogP contribution in [0.1, 0.15) is 42.2 Å². The van der Waals surface area contributed by atoms with Crippen molar-refractivity contribution in [2.75, 3.05) is 12.4 Å². The van der Waals surface area contributed by atoms with Gasteiger partial charge < -0.3 is 5.32 Å². The number of anilines is 1. The molecule has 0 spiro atoms. The summed E-state index contributed by atoms with van der Waals surface area (Å²) < 4.78 is 0. The van der Waals surface area contributed by atoms with E-state index in [-0.39, 0.29) is 0 Å². The van der Waals surface area contributed by atoms with Gasteiger partial charge in [0, 0.05) is 7.05 Å². The van der Waals surface area contributed by atoms with Crippen molar-refractivity contribution in [1.82, 2.24) is 0 Å². The van der Waals surface area contributed by atoms with Gasteiger partial charge in [-0.1, -0.05) is 0 Å². The molecule has 15 heavy (non-hydrogen) atoms. The van der Waals surface area contributed by atoms with Crippen molar-refractivity contribution in [3.8, 4) is 0 Å². The van der Waals surface area contributed by atoms with Crippen LogP contribution < -0.4 is 5.32 Å². The van der Waals surface area contributed by atoms with E-state index >= 15 is 0 Å². The van der Waals surface area contributed by atoms with Crippen LogP contribution in [0.3, 0.4) is 0 Å². The van der Waals surface area contributed by atoms with E-state index in [2.05, 4.69) is 29.2 Å². The lowest BCUT2D eigenvalue weighted by atomic mass is 9.91. The van der Waals surface area contributed by atoms with Crippen LogP contribution in [0.5, 0.6) is 0 Å². The molecule has 2 nitrogen and oxygen atoms in total. The molecule has 0 radical (unpaired) electrons. The Labute approximate surface area is 90.4 Å². The summed E-state index contributed by atoms with van der Waals surface area (Å²) in [5.41, 5.74) is 5.22. The number of nitrogens with one attached hydrogen (secondary N) is 1. The highest BCUT2D eigenvalue weighted by Crippen LogP contribution is 2.54. The Morgan fingerprint density at radius 3 is 2.53 bits per heavy atom. The fourth-order valence-electron chi connectivity index (χ4n) is 3.21. The Morgan fingerprint density at radius 2 is 1.93 bits per heavy atom. The van der Waals surface area contributed by atoms with Crippen LogP contribution in [0, 0.1) is 0 Å². The minimum Gasteiger partial charge on any atom is -0.386 e. The molecule has 1 aromatic carbocycles. The molecule has 1 fully saturated rings. The summed E-state index contributed by atoms with van der Waals surface area (Å²) in [4.78, 5) is 4.09. The van der Waals surface area contributed by atoms with Gasteiger partial charge >= 0.3 is 0 Å². The molecule has 3 rings (SSSR count). The molecule has 78 valence electrons. The summed E-state index contributed by atoms with van der Waals surface area (Å²) in [5.74, 6) is 1.62. The first-order valence-electron chi connectivity index (χ1n) is 5.65. The fraction of sp³-hybridized carbons (Fsp3) is 0.462. The van der Waals surface area contributed by atoms with Crippen molar-refractivity contribution in [2.24, 2.45) is 4.99 Å². The fourth-order valence-corrected chi connectivity index (χ4v) is 3.21. The zero-order chi connectivity index (χ0) is 10.4. The number of aliphatic imine (C=N–C) groups is 1. The van der Waals surface area contributed by atoms with E-state index < -0.39 is 0 Å². The van der Waals surface area contributed by atoms with Crippen molar-refractivity contribution >= 4 is 18.1 Å². The normalized spacial score (nSPS) is 26.5. The van der Waals surface area contributed by atoms with E-state index in [1.54, 1.807) is 5.56 Å². The predicted octanol–water partition coefficient (Wildman–Crippen LogP) is 3.43. The van der Waals surface area contributed by atoms with E-state index in [9.17, 15) is 0 Å². The molecule has 0 aromatic heterocycles. The van der Waals surface area contributed by atoms with Crippen LogP contribution in [-0.2, 0) is 0 Å². The summed E-state index contributed by atoms with van der Waals surface area (Å²) in [6, 6.07) is 4.52. The number of rotatable bonds is 2. The van der Waals surface area contributed by atoms with Crippen molar-refractivity contribution < 1.29 is 0 Å². The van der Waals surface area contributed by atoms with Gasteiger partial charge in [-0.25, -0.2) is 0 Å². The molecule has 1 saturated carbocycles. The summed E-state index contributed by atoms with van der Waals surface area (Å²) >= 11 is 0. The molecule has 2 unspecified atom stereocenters. The van der Waals surface area contributed by atoms with Gasteiger partial charge in [0.1, 0.15) is 0 Å². The highest BCUT2D eigenvalue weighted by Gasteiger charge is 2.37. The maximum atomic E-state index is 4.09. The Kier molecular flexibility index (Phi) is 1.84. The first-order valence-corrected chi connectivity index (χ1v) is 5.65. The average Bonchev–Trinajstić information content (AvgIpc) is 2.88. The minimum absolute atomic E-state index is 0.802. The lowest BCUT2D eigenvalue weighted by Crippen LogP contribution is -1.99. The molecule has 1 N–H and O–H groups in total. The van der Waals surface area contributed by atoms with Crippen LogP contribution in [-0.4, -0.2) is 13.8 Å². The standard InChI is InChI=1S/C13H16N2/c1-14-12-6-10-8-3-4-9(5-8)11(10)7-13(12)15-2/h6-9,15H,1,3-5H2,2H3. The topological polar surface area (TPSA) is 24.4 Å². The van der Waals surface area contributed by atoms with Crippen molar-refractivity contribution in [3.05, 3.63) is 23.3 Å². The average molecular weight is 200 g/mol. The third kappa shape index (κ3) is 1.14. The summed E-state index contributed by atoms with van der Waals surface area (Å²) in [6.07, 6.45) is 4.11. The number of hydrogen-bond donors (Lipinski definition) is 1. The Morgan fingerprint density at radius 1 is 1.27 bits per heavy atom. The molecule has 2 aliphatic carbocycles. The predicted molar refractivity (Wildman–Crippen MR) is 64.5 cm³/mol. The van der Waals surface area contributed by atoms with Crippen molar-refractivity contribution in [3.63, 3.8) is 0 Å². The van der Waals surface area contributed by atoms with Crippen LogP contribution >= 0.6 is 0 Å². The molecular weight excluding hydrogens is 184 g/mol. The molecule has 1 aromatic rings. The highest BCUT2D eigenvalue weighted by atomic mass is 14.9. The van der Waals surface area contributed by atoms with Gasteiger partial charge in [-0.05, 0) is 61.1 Å². The van der Waals surface area contributed by atoms with E-state index in [1.807, 2.05) is 7.05 Å². The lowest BCUT2D eigenvalue weighted by Gasteiger charge is -2.17. The Bertz CT molecular complexity index is 423. The van der Waals surface area contributed by atoms with Gasteiger partial charge in [-0.3, -0.25) is 4.99 Å². The van der Waals surface area contributed by atoms with E-state index in [4.69, 9.17) is 0 Å². The molecule has 0 heterocycles. The highest BCUT2D eigenvalue weighted by molar-refractivity contribution is 5.71. The minimum atomic E-state index is 0.802. The summed E-state index contributed by atoms with van der Waals surface area (Å²) in [7, 11) is 1.95. The van der Waals surface area contributed by atoms with Gasteiger partial charge in [-0.2, -0.15) is 0 Å². The smallest absolute Gasteiger partial charge is 0.0856 e. The van der Waals surface area contributed by atoms with E-state index in [0.717, 1.165) is 23.2 Å². The molecule has 0 aliphatic heterocycles. The maximum Gasteiger partial charge on any atom is 0.0856 e. The SMILES string of the molecule is C=Nc1cc2c(cc1NC)C1CCC2C1. The summed E-state index contributed by atoms with van der Waals surface area (Å²) in [6.45, 7) is 3.64. The summed E-state index contributed by atoms with van der Waals surface area (Å²) in [5, 5.41) is 3.20. The van der Waals surface area contributed by atoms with Gasteiger partial charge in [0.2, 0.25) is 0 Å². The first-order chi connectivity index (χ1) is 7.33. The molecule has 2 heteroatoms. The van der Waals surface area contributed by atoms with Crippen molar-refractivity contribution in [1.29, 1.82) is 0 Å². The molecule has 2 aliphatic rings. The van der Waals surface area contributed by atoms with Crippen molar-refractivity contribution in [2.45, 2.75) is 31.1 Å². The molecule has 2 bridgehead atoms. The zero-order valence-electron chi connectivity index (χ0n) is 9.09. The monoisotopic (exact) mass is 200 g/mol. The van der Waals surface area contributed by atoms with Crippen LogP contribution in [0.4, 0.5) is 11.4 Å². The first kappa shape index (κ1) is 8.96. The van der Waals surface area contributed by atoms with Crippen LogP contribution in [0.25, 0.3) is 0 Å². The van der Waals surface area contributed by atoms with Gasteiger partial charge in [0.15, 0.2) is 0 Å². The largest absolute Gasteiger partial charge is 0.386 e. The second-order valence-corrected chi connectivity index (χ2v) is 4.61. The second-order valence-electron chi connectivity index (χ2n) is 4.61. The van der Waals surface area contributed by atoms with Crippen LogP contribution in [0.2, 0.25) is 0 Å². The van der Waals surface area contributed by atoms with Crippen LogP contribution in [0.15, 0.2) is 17.1 Å². The maximum absolute atomic E-state index is 4.09. The number of nitrogens with zero attached hydrogens (tertiary/aromatic N) is 1. The molecule has 0 amide bonds. The lowest BCUT2D eigenvalue weighted by molar-refractivity contribution is 0.718. The quantitative estimate of drug-likeness (QED) is 0.727. The van der Waals surface area contributed by atoms with E-state index in [0.29, 0.717) is 0 Å². The van der Waals surface area contributed by atoms with E-state index in [1.165, 1.54) is 24.8 Å². The third-order valence-electron chi connectivity index (χ3n) is 3.95. The molecular formula is C13H16N2. The molecule has 0 saturated heterocycles. The van der Waals surface area contributed by atoms with Gasteiger partial charge in [0.25, 0.3) is 0 Å². The van der Waals surface area contributed by atoms with Gasteiger partial charge in [0.05, 0.1) is 11.4 Å². The Hall–Kier alpha value is -1.31.